The van der Waals surface area contributed by atoms with Gasteiger partial charge in [0.05, 0.1) is 11.7 Å². The van der Waals surface area contributed by atoms with Gasteiger partial charge in [-0.15, -0.1) is 11.3 Å². The third-order valence-corrected chi connectivity index (χ3v) is 6.55. The largest absolute Gasteiger partial charge is 0.363 e. The van der Waals surface area contributed by atoms with Gasteiger partial charge in [0.1, 0.15) is 17.5 Å². The van der Waals surface area contributed by atoms with Crippen LogP contribution in [-0.2, 0) is 6.54 Å². The van der Waals surface area contributed by atoms with Crippen molar-refractivity contribution in [2.24, 2.45) is 0 Å². The fraction of sp³-hybridized carbons (Fsp3) is 0.200. The Kier molecular flexibility index (Phi) is 5.87. The Morgan fingerprint density at radius 2 is 2.09 bits per heavy atom. The highest BCUT2D eigenvalue weighted by Gasteiger charge is 2.28. The number of rotatable bonds is 6. The van der Waals surface area contributed by atoms with Gasteiger partial charge in [-0.2, -0.15) is 5.26 Å². The summed E-state index contributed by atoms with van der Waals surface area (Å²) in [6, 6.07) is 19.9. The second-order valence-corrected chi connectivity index (χ2v) is 8.76. The molecule has 4 aromatic rings. The molecule has 7 nitrogen and oxygen atoms in total. The first kappa shape index (κ1) is 20.9. The van der Waals surface area contributed by atoms with Crippen molar-refractivity contribution in [1.82, 2.24) is 14.5 Å². The summed E-state index contributed by atoms with van der Waals surface area (Å²) >= 11 is 1.45. The molecular weight excluding hydrogens is 432 g/mol. The number of nitrogens with zero attached hydrogens (tertiary/aromatic N) is 5. The molecule has 5 rings (SSSR count). The molecule has 0 bridgehead atoms. The van der Waals surface area contributed by atoms with Crippen LogP contribution in [0.15, 0.2) is 72.4 Å². The average molecular weight is 455 g/mol. The van der Waals surface area contributed by atoms with Gasteiger partial charge in [0.2, 0.25) is 0 Å². The highest BCUT2D eigenvalue weighted by atomic mass is 32.1. The van der Waals surface area contributed by atoms with Crippen LogP contribution in [-0.4, -0.2) is 27.0 Å². The molecule has 0 spiro atoms. The molecule has 3 aromatic heterocycles. The van der Waals surface area contributed by atoms with Crippen molar-refractivity contribution in [3.63, 3.8) is 0 Å². The molecule has 1 amide bonds. The summed E-state index contributed by atoms with van der Waals surface area (Å²) in [4.78, 5) is 24.1. The molecule has 4 heterocycles. The van der Waals surface area contributed by atoms with Gasteiger partial charge in [0.25, 0.3) is 5.91 Å². The maximum Gasteiger partial charge on any atom is 0.274 e. The van der Waals surface area contributed by atoms with Crippen LogP contribution in [0.2, 0.25) is 0 Å². The Hall–Kier alpha value is -3.96. The predicted molar refractivity (Wildman–Crippen MR) is 128 cm³/mol. The van der Waals surface area contributed by atoms with Crippen molar-refractivity contribution in [3.05, 3.63) is 95.0 Å². The first-order valence-electron chi connectivity index (χ1n) is 10.8. The quantitative estimate of drug-likeness (QED) is 0.450. The Labute approximate surface area is 196 Å². The summed E-state index contributed by atoms with van der Waals surface area (Å²) in [5, 5.41) is 14.7. The Morgan fingerprint density at radius 1 is 1.21 bits per heavy atom. The van der Waals surface area contributed by atoms with Crippen LogP contribution < -0.4 is 10.2 Å². The second-order valence-electron chi connectivity index (χ2n) is 7.90. The van der Waals surface area contributed by atoms with Gasteiger partial charge in [-0.1, -0.05) is 18.2 Å². The first-order valence-corrected chi connectivity index (χ1v) is 11.7. The average Bonchev–Trinajstić information content (AvgIpc) is 3.60. The number of nitriles is 1. The highest BCUT2D eigenvalue weighted by molar-refractivity contribution is 7.14. The molecule has 0 saturated carbocycles. The van der Waals surface area contributed by atoms with Crippen LogP contribution in [0.3, 0.4) is 0 Å². The number of aromatic nitrogens is 3. The fourth-order valence-corrected chi connectivity index (χ4v) is 5.00. The van der Waals surface area contributed by atoms with E-state index in [0.717, 1.165) is 30.6 Å². The van der Waals surface area contributed by atoms with E-state index >= 15 is 0 Å². The van der Waals surface area contributed by atoms with Crippen LogP contribution in [0.1, 0.15) is 46.3 Å². The number of hydrogen-bond donors (Lipinski definition) is 1. The Morgan fingerprint density at radius 3 is 2.94 bits per heavy atom. The molecule has 1 fully saturated rings. The van der Waals surface area contributed by atoms with Crippen molar-refractivity contribution in [2.45, 2.75) is 25.4 Å². The smallest absolute Gasteiger partial charge is 0.274 e. The number of nitrogens with one attached hydrogen (secondary N) is 1. The van der Waals surface area contributed by atoms with Crippen LogP contribution in [0.5, 0.6) is 0 Å². The van der Waals surface area contributed by atoms with E-state index < -0.39 is 0 Å². The zero-order valence-corrected chi connectivity index (χ0v) is 18.7. The molecule has 1 atom stereocenters. The fourth-order valence-electron chi connectivity index (χ4n) is 4.25. The van der Waals surface area contributed by atoms with E-state index in [-0.39, 0.29) is 11.9 Å². The van der Waals surface area contributed by atoms with E-state index in [4.69, 9.17) is 10.2 Å². The zero-order valence-electron chi connectivity index (χ0n) is 17.9. The molecule has 1 N–H and O–H groups in total. The number of para-hydroxylation sites is 1. The Bertz CT molecular complexity index is 1310. The van der Waals surface area contributed by atoms with Crippen LogP contribution >= 0.6 is 11.3 Å². The number of anilines is 2. The van der Waals surface area contributed by atoms with Crippen molar-refractivity contribution >= 4 is 28.1 Å². The third-order valence-electron chi connectivity index (χ3n) is 5.78. The number of pyridine rings is 1. The highest BCUT2D eigenvalue weighted by Crippen LogP contribution is 2.37. The summed E-state index contributed by atoms with van der Waals surface area (Å²) in [6.45, 7) is 1.48. The lowest BCUT2D eigenvalue weighted by Gasteiger charge is -2.25. The molecule has 0 radical (unpaired) electrons. The lowest BCUT2D eigenvalue weighted by Crippen LogP contribution is -2.22. The van der Waals surface area contributed by atoms with E-state index in [1.54, 1.807) is 18.3 Å². The maximum atomic E-state index is 13.0. The molecule has 1 saturated heterocycles. The van der Waals surface area contributed by atoms with Gasteiger partial charge in [0, 0.05) is 36.6 Å². The molecule has 1 aliphatic rings. The van der Waals surface area contributed by atoms with Crippen molar-refractivity contribution in [1.29, 1.82) is 5.26 Å². The third kappa shape index (κ3) is 4.49. The van der Waals surface area contributed by atoms with Crippen LogP contribution in [0, 0.1) is 11.3 Å². The minimum atomic E-state index is -0.207. The normalized spacial score (nSPS) is 15.4. The number of thiazole rings is 1. The van der Waals surface area contributed by atoms with Gasteiger partial charge >= 0.3 is 0 Å². The van der Waals surface area contributed by atoms with E-state index in [9.17, 15) is 4.79 Å². The number of carbonyl (C=O) groups is 1. The maximum absolute atomic E-state index is 13.0. The van der Waals surface area contributed by atoms with E-state index in [2.05, 4.69) is 39.5 Å². The monoisotopic (exact) mass is 454 g/mol. The second kappa shape index (κ2) is 9.27. The number of benzene rings is 1. The number of amides is 1. The standard InChI is InChI=1S/C25H22N6OS/c26-15-19-14-18(10-11-27-19)16-30-12-4-9-23(30)24(32)29-25-28-21(17-33-25)22-8-5-13-31(22)20-6-2-1-3-7-20/h1-4,6-7,9-12,14,17,22H,5,8,13,16H2,(H,28,29,32)/t22-/m1/s1. The summed E-state index contributed by atoms with van der Waals surface area (Å²) in [5.74, 6) is -0.207. The lowest BCUT2D eigenvalue weighted by atomic mass is 10.1. The molecule has 1 aliphatic heterocycles. The molecule has 1 aromatic carbocycles. The van der Waals surface area contributed by atoms with E-state index in [0.29, 0.717) is 23.1 Å². The summed E-state index contributed by atoms with van der Waals surface area (Å²) in [5.41, 5.74) is 4.00. The summed E-state index contributed by atoms with van der Waals surface area (Å²) < 4.78 is 1.86. The van der Waals surface area contributed by atoms with Crippen LogP contribution in [0.25, 0.3) is 0 Å². The predicted octanol–water partition coefficient (Wildman–Crippen LogP) is 4.85. The first-order chi connectivity index (χ1) is 16.2. The van der Waals surface area contributed by atoms with E-state index in [1.165, 1.54) is 17.0 Å². The SMILES string of the molecule is N#Cc1cc(Cn2cccc2C(=O)Nc2nc([C@H]3CCCN3c3ccccc3)cs2)ccn1. The van der Waals surface area contributed by atoms with Crippen molar-refractivity contribution in [3.8, 4) is 6.07 Å². The minimum Gasteiger partial charge on any atom is -0.363 e. The zero-order chi connectivity index (χ0) is 22.6. The summed E-state index contributed by atoms with van der Waals surface area (Å²) in [6.07, 6.45) is 5.63. The topological polar surface area (TPSA) is 86.8 Å². The van der Waals surface area contributed by atoms with Gasteiger partial charge in [-0.05, 0) is 54.8 Å². The lowest BCUT2D eigenvalue weighted by molar-refractivity contribution is 0.101. The van der Waals surface area contributed by atoms with E-state index in [1.807, 2.05) is 40.4 Å². The molecule has 164 valence electrons. The van der Waals surface area contributed by atoms with Gasteiger partial charge in [-0.25, -0.2) is 9.97 Å². The van der Waals surface area contributed by atoms with Gasteiger partial charge in [-0.3, -0.25) is 10.1 Å². The molecule has 8 heteroatoms. The molecule has 0 aliphatic carbocycles. The molecular formula is C25H22N6OS. The number of carbonyl (C=O) groups excluding carboxylic acids is 1. The number of hydrogen-bond acceptors (Lipinski definition) is 6. The van der Waals surface area contributed by atoms with Gasteiger partial charge in [0.15, 0.2) is 5.13 Å². The minimum absolute atomic E-state index is 0.207. The van der Waals surface area contributed by atoms with Crippen molar-refractivity contribution in [2.75, 3.05) is 16.8 Å². The summed E-state index contributed by atoms with van der Waals surface area (Å²) in [7, 11) is 0. The van der Waals surface area contributed by atoms with Crippen molar-refractivity contribution < 1.29 is 4.79 Å². The van der Waals surface area contributed by atoms with Crippen LogP contribution in [0.4, 0.5) is 10.8 Å². The Balaban J connectivity index is 1.29. The van der Waals surface area contributed by atoms with Gasteiger partial charge < -0.3 is 9.47 Å². The molecule has 0 unspecified atom stereocenters. The molecule has 33 heavy (non-hydrogen) atoms.